The SMILES string of the molecule is C[C@@H]1C(=O)N(c2cccc(C#N)c2)c2cnc(Cl)nc2N1C1CC(C)(C)C1. The third-order valence-corrected chi connectivity index (χ3v) is 5.59. The van der Waals surface area contributed by atoms with Crippen LogP contribution in [-0.2, 0) is 4.79 Å². The topological polar surface area (TPSA) is 73.1 Å². The number of hydrogen-bond acceptors (Lipinski definition) is 5. The standard InChI is InChI=1S/C20H20ClN5O/c1-12-18(27)26(14-6-4-5-13(7-14)10-22)16-11-23-19(21)24-17(16)25(12)15-8-20(2,3)9-15/h4-7,11-12,15H,8-9H2,1-3H3/t12-/m1/s1. The fourth-order valence-electron chi connectivity index (χ4n) is 4.18. The molecule has 1 aliphatic heterocycles. The minimum Gasteiger partial charge on any atom is -0.340 e. The summed E-state index contributed by atoms with van der Waals surface area (Å²) in [4.78, 5) is 25.6. The van der Waals surface area contributed by atoms with E-state index in [0.717, 1.165) is 12.8 Å². The molecule has 2 aliphatic rings. The van der Waals surface area contributed by atoms with E-state index >= 15 is 0 Å². The van der Waals surface area contributed by atoms with Crippen molar-refractivity contribution in [2.24, 2.45) is 5.41 Å². The van der Waals surface area contributed by atoms with E-state index < -0.39 is 0 Å². The van der Waals surface area contributed by atoms with E-state index in [0.29, 0.717) is 22.8 Å². The maximum atomic E-state index is 13.3. The lowest BCUT2D eigenvalue weighted by Gasteiger charge is -2.53. The summed E-state index contributed by atoms with van der Waals surface area (Å²) in [6.45, 7) is 6.36. The molecule has 1 aromatic heterocycles. The van der Waals surface area contributed by atoms with Crippen molar-refractivity contribution in [3.05, 3.63) is 41.3 Å². The van der Waals surface area contributed by atoms with Crippen molar-refractivity contribution in [2.75, 3.05) is 9.80 Å². The van der Waals surface area contributed by atoms with Gasteiger partial charge >= 0.3 is 0 Å². The van der Waals surface area contributed by atoms with Crippen LogP contribution in [0, 0.1) is 16.7 Å². The Morgan fingerprint density at radius 2 is 2.07 bits per heavy atom. The summed E-state index contributed by atoms with van der Waals surface area (Å²) in [6, 6.07) is 8.98. The first kappa shape index (κ1) is 17.7. The Balaban J connectivity index is 1.83. The summed E-state index contributed by atoms with van der Waals surface area (Å²) in [5.74, 6) is 0.609. The van der Waals surface area contributed by atoms with Gasteiger partial charge in [0.05, 0.1) is 23.5 Å². The zero-order valence-electron chi connectivity index (χ0n) is 15.5. The zero-order chi connectivity index (χ0) is 19.3. The van der Waals surface area contributed by atoms with Crippen molar-refractivity contribution in [1.29, 1.82) is 5.26 Å². The fourth-order valence-corrected chi connectivity index (χ4v) is 4.31. The van der Waals surface area contributed by atoms with Crippen LogP contribution in [0.5, 0.6) is 0 Å². The van der Waals surface area contributed by atoms with Crippen LogP contribution in [0.25, 0.3) is 0 Å². The molecule has 1 fully saturated rings. The predicted molar refractivity (Wildman–Crippen MR) is 104 cm³/mol. The second-order valence-electron chi connectivity index (χ2n) is 7.99. The molecule has 0 bridgehead atoms. The Morgan fingerprint density at radius 1 is 1.33 bits per heavy atom. The maximum Gasteiger partial charge on any atom is 0.254 e. The summed E-state index contributed by atoms with van der Waals surface area (Å²) >= 11 is 6.09. The van der Waals surface area contributed by atoms with E-state index in [2.05, 4.69) is 34.8 Å². The van der Waals surface area contributed by atoms with Crippen LogP contribution in [0.4, 0.5) is 17.2 Å². The van der Waals surface area contributed by atoms with Gasteiger partial charge in [0.1, 0.15) is 11.7 Å². The van der Waals surface area contributed by atoms with Gasteiger partial charge in [0.25, 0.3) is 5.91 Å². The quantitative estimate of drug-likeness (QED) is 0.733. The van der Waals surface area contributed by atoms with Crippen molar-refractivity contribution in [2.45, 2.75) is 45.7 Å². The summed E-state index contributed by atoms with van der Waals surface area (Å²) < 4.78 is 0. The normalized spacial score (nSPS) is 21.4. The van der Waals surface area contributed by atoms with Crippen LogP contribution in [-0.4, -0.2) is 28.0 Å². The summed E-state index contributed by atoms with van der Waals surface area (Å²) in [7, 11) is 0. The number of fused-ring (bicyclic) bond motifs is 1. The van der Waals surface area contributed by atoms with E-state index in [1.54, 1.807) is 29.3 Å². The fraction of sp³-hybridized carbons (Fsp3) is 0.400. The van der Waals surface area contributed by atoms with Crippen molar-refractivity contribution in [3.8, 4) is 6.07 Å². The maximum absolute atomic E-state index is 13.3. The molecule has 1 saturated carbocycles. The number of carbonyl (C=O) groups is 1. The summed E-state index contributed by atoms with van der Waals surface area (Å²) in [5, 5.41) is 9.37. The van der Waals surface area contributed by atoms with Gasteiger partial charge in [-0.3, -0.25) is 9.69 Å². The Hall–Kier alpha value is -2.65. The molecule has 0 N–H and O–H groups in total. The first-order valence-corrected chi connectivity index (χ1v) is 9.33. The van der Waals surface area contributed by atoms with Crippen molar-refractivity contribution < 1.29 is 4.79 Å². The summed E-state index contributed by atoms with van der Waals surface area (Å²) in [5.41, 5.74) is 1.99. The zero-order valence-corrected chi connectivity index (χ0v) is 16.2. The first-order valence-electron chi connectivity index (χ1n) is 8.96. The second-order valence-corrected chi connectivity index (χ2v) is 8.33. The minimum atomic E-state index is -0.379. The largest absolute Gasteiger partial charge is 0.340 e. The highest BCUT2D eigenvalue weighted by molar-refractivity contribution is 6.28. The summed E-state index contributed by atoms with van der Waals surface area (Å²) in [6.07, 6.45) is 3.58. The third kappa shape index (κ3) is 2.92. The smallest absolute Gasteiger partial charge is 0.254 e. The van der Waals surface area contributed by atoms with Crippen LogP contribution in [0.1, 0.15) is 39.2 Å². The average molecular weight is 382 g/mol. The monoisotopic (exact) mass is 381 g/mol. The molecular formula is C20H20ClN5O. The highest BCUT2D eigenvalue weighted by Crippen LogP contribution is 2.48. The molecular weight excluding hydrogens is 362 g/mol. The van der Waals surface area contributed by atoms with Gasteiger partial charge in [-0.2, -0.15) is 10.2 Å². The molecule has 7 heteroatoms. The van der Waals surface area contributed by atoms with Gasteiger partial charge in [-0.15, -0.1) is 0 Å². The van der Waals surface area contributed by atoms with E-state index in [1.165, 1.54) is 0 Å². The Morgan fingerprint density at radius 3 is 2.74 bits per heavy atom. The number of nitrogens with zero attached hydrogens (tertiary/aromatic N) is 5. The number of nitriles is 1. The lowest BCUT2D eigenvalue weighted by molar-refractivity contribution is -0.119. The van der Waals surface area contributed by atoms with Crippen molar-refractivity contribution >= 4 is 34.7 Å². The lowest BCUT2D eigenvalue weighted by Crippen LogP contribution is -2.59. The van der Waals surface area contributed by atoms with E-state index in [1.807, 2.05) is 13.0 Å². The van der Waals surface area contributed by atoms with Crippen LogP contribution in [0.15, 0.2) is 30.5 Å². The van der Waals surface area contributed by atoms with E-state index in [4.69, 9.17) is 11.6 Å². The van der Waals surface area contributed by atoms with Gasteiger partial charge in [-0.05, 0) is 55.0 Å². The number of anilines is 3. The third-order valence-electron chi connectivity index (χ3n) is 5.40. The minimum absolute atomic E-state index is 0.0618. The number of hydrogen-bond donors (Lipinski definition) is 0. The van der Waals surface area contributed by atoms with Gasteiger partial charge in [0.2, 0.25) is 5.28 Å². The van der Waals surface area contributed by atoms with Crippen molar-refractivity contribution in [1.82, 2.24) is 9.97 Å². The van der Waals surface area contributed by atoms with Crippen LogP contribution in [0.3, 0.4) is 0 Å². The number of carbonyl (C=O) groups excluding carboxylic acids is 1. The molecule has 0 radical (unpaired) electrons. The van der Waals surface area contributed by atoms with Gasteiger partial charge in [-0.25, -0.2) is 4.98 Å². The van der Waals surface area contributed by atoms with E-state index in [9.17, 15) is 10.1 Å². The number of halogens is 1. The number of amides is 1. The first-order chi connectivity index (χ1) is 12.8. The molecule has 0 unspecified atom stereocenters. The van der Waals surface area contributed by atoms with Crippen LogP contribution < -0.4 is 9.80 Å². The molecule has 1 amide bonds. The average Bonchev–Trinajstić information content (AvgIpc) is 2.61. The molecule has 4 rings (SSSR count). The van der Waals surface area contributed by atoms with Crippen molar-refractivity contribution in [3.63, 3.8) is 0 Å². The molecule has 6 nitrogen and oxygen atoms in total. The molecule has 0 spiro atoms. The molecule has 2 aromatic rings. The highest BCUT2D eigenvalue weighted by atomic mass is 35.5. The lowest BCUT2D eigenvalue weighted by atomic mass is 9.67. The van der Waals surface area contributed by atoms with Gasteiger partial charge in [-0.1, -0.05) is 19.9 Å². The van der Waals surface area contributed by atoms with Gasteiger partial charge in [0, 0.05) is 6.04 Å². The molecule has 138 valence electrons. The molecule has 1 aliphatic carbocycles. The second kappa shape index (κ2) is 6.21. The van der Waals surface area contributed by atoms with E-state index in [-0.39, 0.29) is 28.7 Å². The molecule has 0 saturated heterocycles. The Labute approximate surface area is 163 Å². The Bertz CT molecular complexity index is 959. The highest BCUT2D eigenvalue weighted by Gasteiger charge is 2.47. The van der Waals surface area contributed by atoms with Crippen LogP contribution >= 0.6 is 11.6 Å². The molecule has 1 aromatic carbocycles. The van der Waals surface area contributed by atoms with Gasteiger partial charge < -0.3 is 4.90 Å². The van der Waals surface area contributed by atoms with Gasteiger partial charge in [0.15, 0.2) is 5.82 Å². The molecule has 27 heavy (non-hydrogen) atoms. The van der Waals surface area contributed by atoms with Crippen LogP contribution in [0.2, 0.25) is 5.28 Å². The number of aromatic nitrogens is 2. The number of rotatable bonds is 2. The molecule has 2 heterocycles. The number of benzene rings is 1. The predicted octanol–water partition coefficient (Wildman–Crippen LogP) is 4.06. The Kier molecular flexibility index (Phi) is 4.08. The molecule has 1 atom stereocenters.